The van der Waals surface area contributed by atoms with Crippen molar-refractivity contribution in [2.45, 2.75) is 44.2 Å². The first kappa shape index (κ1) is 18.4. The fourth-order valence-electron chi connectivity index (χ4n) is 3.13. The van der Waals surface area contributed by atoms with Crippen LogP contribution in [0.15, 0.2) is 36.7 Å². The lowest BCUT2D eigenvalue weighted by molar-refractivity contribution is 0.0451. The van der Waals surface area contributed by atoms with E-state index in [4.69, 9.17) is 11.6 Å². The van der Waals surface area contributed by atoms with E-state index < -0.39 is 5.60 Å². The van der Waals surface area contributed by atoms with E-state index in [1.165, 1.54) is 6.20 Å². The SMILES string of the molecule is Cc1nccnc1C(=O)N[C@@H]1CCC[C@](O)(C#Cc2cccc(Cl)c2)C1. The topological polar surface area (TPSA) is 75.1 Å². The number of hydrogen-bond donors (Lipinski definition) is 2. The molecule has 6 heteroatoms. The molecule has 2 N–H and O–H groups in total. The Bertz CT molecular complexity index is 875. The molecule has 2 atom stereocenters. The molecule has 5 nitrogen and oxygen atoms in total. The number of aliphatic hydroxyl groups is 1. The van der Waals surface area contributed by atoms with E-state index in [1.807, 2.05) is 12.1 Å². The van der Waals surface area contributed by atoms with Gasteiger partial charge in [0, 0.05) is 35.4 Å². The number of carbonyl (C=O) groups excluding carboxylic acids is 1. The minimum Gasteiger partial charge on any atom is -0.378 e. The van der Waals surface area contributed by atoms with Gasteiger partial charge in [-0.25, -0.2) is 4.98 Å². The highest BCUT2D eigenvalue weighted by Crippen LogP contribution is 2.28. The van der Waals surface area contributed by atoms with Crippen LogP contribution in [0, 0.1) is 18.8 Å². The fraction of sp³-hybridized carbons (Fsp3) is 0.350. The summed E-state index contributed by atoms with van der Waals surface area (Å²) >= 11 is 5.96. The molecule has 1 heterocycles. The second kappa shape index (κ2) is 7.86. The molecule has 134 valence electrons. The van der Waals surface area contributed by atoms with Gasteiger partial charge < -0.3 is 10.4 Å². The van der Waals surface area contributed by atoms with Crippen LogP contribution in [0.4, 0.5) is 0 Å². The number of nitrogens with zero attached hydrogens (tertiary/aromatic N) is 2. The maximum absolute atomic E-state index is 12.4. The van der Waals surface area contributed by atoms with E-state index in [0.717, 1.165) is 18.4 Å². The lowest BCUT2D eigenvalue weighted by Gasteiger charge is -2.33. The number of aryl methyl sites for hydroxylation is 1. The maximum atomic E-state index is 12.4. The van der Waals surface area contributed by atoms with Gasteiger partial charge in [-0.1, -0.05) is 29.5 Å². The molecule has 1 aromatic carbocycles. The summed E-state index contributed by atoms with van der Waals surface area (Å²) in [6, 6.07) is 7.06. The predicted octanol–water partition coefficient (Wildman–Crippen LogP) is 2.89. The minimum atomic E-state index is -1.13. The Balaban J connectivity index is 1.69. The molecule has 1 aliphatic carbocycles. The van der Waals surface area contributed by atoms with Gasteiger partial charge in [-0.15, -0.1) is 0 Å². The largest absolute Gasteiger partial charge is 0.378 e. The van der Waals surface area contributed by atoms with Crippen molar-refractivity contribution >= 4 is 17.5 Å². The molecule has 3 rings (SSSR count). The number of nitrogens with one attached hydrogen (secondary N) is 1. The number of hydrogen-bond acceptors (Lipinski definition) is 4. The summed E-state index contributed by atoms with van der Waals surface area (Å²) in [5.74, 6) is 5.68. The maximum Gasteiger partial charge on any atom is 0.271 e. The summed E-state index contributed by atoms with van der Waals surface area (Å²) in [4.78, 5) is 20.6. The van der Waals surface area contributed by atoms with Gasteiger partial charge in [-0.2, -0.15) is 0 Å². The highest BCUT2D eigenvalue weighted by atomic mass is 35.5. The quantitative estimate of drug-likeness (QED) is 0.798. The van der Waals surface area contributed by atoms with E-state index >= 15 is 0 Å². The third-order valence-corrected chi connectivity index (χ3v) is 4.66. The van der Waals surface area contributed by atoms with Crippen LogP contribution in [-0.4, -0.2) is 32.6 Å². The highest BCUT2D eigenvalue weighted by molar-refractivity contribution is 6.30. The summed E-state index contributed by atoms with van der Waals surface area (Å²) in [5, 5.41) is 14.4. The molecule has 0 spiro atoms. The average molecular weight is 370 g/mol. The number of halogens is 1. The van der Waals surface area contributed by atoms with E-state index in [-0.39, 0.29) is 11.9 Å². The summed E-state index contributed by atoms with van der Waals surface area (Å²) in [6.07, 6.45) is 5.59. The van der Waals surface area contributed by atoms with Crippen LogP contribution in [0.25, 0.3) is 0 Å². The Morgan fingerprint density at radius 2 is 2.19 bits per heavy atom. The Morgan fingerprint density at radius 1 is 1.38 bits per heavy atom. The molecule has 1 aliphatic rings. The van der Waals surface area contributed by atoms with Crippen molar-refractivity contribution in [3.63, 3.8) is 0 Å². The molecule has 2 aromatic rings. The number of rotatable bonds is 2. The van der Waals surface area contributed by atoms with Gasteiger partial charge in [0.2, 0.25) is 0 Å². The monoisotopic (exact) mass is 369 g/mol. The highest BCUT2D eigenvalue weighted by Gasteiger charge is 2.34. The van der Waals surface area contributed by atoms with E-state index in [1.54, 1.807) is 25.3 Å². The molecule has 1 saturated carbocycles. The first-order valence-electron chi connectivity index (χ1n) is 8.55. The summed E-state index contributed by atoms with van der Waals surface area (Å²) < 4.78 is 0. The van der Waals surface area contributed by atoms with Crippen LogP contribution in [0.1, 0.15) is 47.4 Å². The Kier molecular flexibility index (Phi) is 5.55. The molecular formula is C20H20ClN3O2. The number of benzene rings is 1. The molecule has 0 saturated heterocycles. The third kappa shape index (κ3) is 4.60. The Hall–Kier alpha value is -2.42. The first-order chi connectivity index (χ1) is 12.5. The zero-order valence-corrected chi connectivity index (χ0v) is 15.3. The third-order valence-electron chi connectivity index (χ3n) is 4.42. The fourth-order valence-corrected chi connectivity index (χ4v) is 3.32. The Morgan fingerprint density at radius 3 is 2.96 bits per heavy atom. The van der Waals surface area contributed by atoms with E-state index in [2.05, 4.69) is 27.1 Å². The summed E-state index contributed by atoms with van der Waals surface area (Å²) in [7, 11) is 0. The van der Waals surface area contributed by atoms with Gasteiger partial charge >= 0.3 is 0 Å². The van der Waals surface area contributed by atoms with Crippen LogP contribution < -0.4 is 5.32 Å². The second-order valence-electron chi connectivity index (χ2n) is 6.55. The van der Waals surface area contributed by atoms with Gasteiger partial charge in [-0.05, 0) is 44.4 Å². The molecule has 0 radical (unpaired) electrons. The van der Waals surface area contributed by atoms with Crippen molar-refractivity contribution in [2.75, 3.05) is 0 Å². The zero-order valence-electron chi connectivity index (χ0n) is 14.5. The summed E-state index contributed by atoms with van der Waals surface area (Å²) in [5.41, 5.74) is 0.520. The molecule has 0 bridgehead atoms. The van der Waals surface area contributed by atoms with Crippen LogP contribution >= 0.6 is 11.6 Å². The van der Waals surface area contributed by atoms with Crippen molar-refractivity contribution in [1.82, 2.24) is 15.3 Å². The van der Waals surface area contributed by atoms with Crippen molar-refractivity contribution < 1.29 is 9.90 Å². The number of aromatic nitrogens is 2. The van der Waals surface area contributed by atoms with Crippen molar-refractivity contribution in [3.05, 3.63) is 58.6 Å². The standard InChI is InChI=1S/C20H20ClN3O2/c1-14-18(23-11-10-22-14)19(25)24-17-6-3-8-20(26,13-17)9-7-15-4-2-5-16(21)12-15/h2,4-5,10-12,17,26H,3,6,8,13H2,1H3,(H,24,25)/t17-,20+/m1/s1. The molecular weight excluding hydrogens is 350 g/mol. The average Bonchev–Trinajstić information content (AvgIpc) is 2.61. The first-order valence-corrected chi connectivity index (χ1v) is 8.93. The van der Waals surface area contributed by atoms with Crippen molar-refractivity contribution in [3.8, 4) is 11.8 Å². The van der Waals surface area contributed by atoms with E-state index in [0.29, 0.717) is 29.3 Å². The second-order valence-corrected chi connectivity index (χ2v) is 6.99. The minimum absolute atomic E-state index is 0.156. The van der Waals surface area contributed by atoms with Crippen molar-refractivity contribution in [1.29, 1.82) is 0 Å². The van der Waals surface area contributed by atoms with Gasteiger partial charge in [0.25, 0.3) is 5.91 Å². The molecule has 1 fully saturated rings. The van der Waals surface area contributed by atoms with Crippen LogP contribution in [0.3, 0.4) is 0 Å². The number of amides is 1. The summed E-state index contributed by atoms with van der Waals surface area (Å²) in [6.45, 7) is 1.75. The van der Waals surface area contributed by atoms with Crippen LogP contribution in [0.2, 0.25) is 5.02 Å². The van der Waals surface area contributed by atoms with Gasteiger partial charge in [0.1, 0.15) is 11.3 Å². The van der Waals surface area contributed by atoms with Crippen LogP contribution in [0.5, 0.6) is 0 Å². The molecule has 1 amide bonds. The molecule has 1 aromatic heterocycles. The van der Waals surface area contributed by atoms with Gasteiger partial charge in [-0.3, -0.25) is 9.78 Å². The normalized spacial score (nSPS) is 22.2. The number of carbonyl (C=O) groups is 1. The zero-order chi connectivity index (χ0) is 18.6. The van der Waals surface area contributed by atoms with E-state index in [9.17, 15) is 9.90 Å². The van der Waals surface area contributed by atoms with Crippen LogP contribution in [-0.2, 0) is 0 Å². The van der Waals surface area contributed by atoms with Gasteiger partial charge in [0.15, 0.2) is 0 Å². The lowest BCUT2D eigenvalue weighted by atomic mass is 9.82. The molecule has 0 aliphatic heterocycles. The lowest BCUT2D eigenvalue weighted by Crippen LogP contribution is -2.45. The molecule has 26 heavy (non-hydrogen) atoms. The Labute approximate surface area is 157 Å². The van der Waals surface area contributed by atoms with Crippen molar-refractivity contribution in [2.24, 2.45) is 0 Å². The predicted molar refractivity (Wildman–Crippen MR) is 99.8 cm³/mol. The smallest absolute Gasteiger partial charge is 0.271 e. The van der Waals surface area contributed by atoms with Gasteiger partial charge in [0.05, 0.1) is 5.69 Å². The molecule has 0 unspecified atom stereocenters.